The Hall–Kier alpha value is -3.63. The van der Waals surface area contributed by atoms with Crippen LogP contribution in [0.2, 0.25) is 0 Å². The molecule has 0 saturated carbocycles. The van der Waals surface area contributed by atoms with Gasteiger partial charge in [0.2, 0.25) is 5.78 Å². The van der Waals surface area contributed by atoms with Gasteiger partial charge in [0.05, 0.1) is 19.3 Å². The number of benzene rings is 3. The van der Waals surface area contributed by atoms with Crippen molar-refractivity contribution in [3.05, 3.63) is 112 Å². The van der Waals surface area contributed by atoms with Crippen molar-refractivity contribution in [3.63, 3.8) is 0 Å². The fourth-order valence-corrected chi connectivity index (χ4v) is 3.75. The van der Waals surface area contributed by atoms with Gasteiger partial charge in [0.15, 0.2) is 5.78 Å². The first kappa shape index (κ1) is 20.6. The van der Waals surface area contributed by atoms with Crippen LogP contribution in [0.4, 0.5) is 0 Å². The van der Waals surface area contributed by atoms with E-state index in [9.17, 15) is 9.59 Å². The van der Waals surface area contributed by atoms with Crippen LogP contribution in [-0.2, 0) is 0 Å². The molecule has 0 atom stereocenters. The Balaban J connectivity index is 1.89. The number of allylic oxidation sites excluding steroid dienone is 3. The maximum absolute atomic E-state index is 13.2. The highest BCUT2D eigenvalue weighted by Gasteiger charge is 2.30. The summed E-state index contributed by atoms with van der Waals surface area (Å²) in [5.74, 6) is 0.799. The summed E-state index contributed by atoms with van der Waals surface area (Å²) in [7, 11) is 3.20. The molecule has 0 radical (unpaired) electrons. The Kier molecular flexibility index (Phi) is 5.74. The quantitative estimate of drug-likeness (QED) is 0.520. The molecule has 3 aromatic rings. The Morgan fingerprint density at radius 1 is 0.710 bits per heavy atom. The van der Waals surface area contributed by atoms with Gasteiger partial charge >= 0.3 is 0 Å². The third-order valence-electron chi connectivity index (χ3n) is 5.19. The molecule has 0 aromatic heterocycles. The number of methoxy groups -OCH3 is 2. The zero-order valence-corrected chi connectivity index (χ0v) is 17.8. The predicted octanol–water partition coefficient (Wildman–Crippen LogP) is 5.71. The number of halogens is 1. The molecule has 4 nitrogen and oxygen atoms in total. The van der Waals surface area contributed by atoms with Crippen molar-refractivity contribution in [2.24, 2.45) is 0 Å². The van der Waals surface area contributed by atoms with Crippen molar-refractivity contribution < 1.29 is 19.1 Å². The molecule has 1 aliphatic rings. The van der Waals surface area contributed by atoms with Crippen molar-refractivity contribution in [2.45, 2.75) is 0 Å². The number of hydrogen-bond donors (Lipinski definition) is 0. The standard InChI is InChI=1S/C26H19ClO4/c1-30-18-11-7-16(8-12-18)22(17-9-13-19(31-2)14-10-17)15-23-24(27)26(29)21-6-4-3-5-20(21)25(23)28/h3-15H,1-2H3. The minimum absolute atomic E-state index is 0.0803. The monoisotopic (exact) mass is 430 g/mol. The van der Waals surface area contributed by atoms with Gasteiger partial charge < -0.3 is 9.47 Å². The summed E-state index contributed by atoms with van der Waals surface area (Å²) in [6.07, 6.45) is 1.68. The van der Waals surface area contributed by atoms with Gasteiger partial charge in [-0.3, -0.25) is 9.59 Å². The van der Waals surface area contributed by atoms with Gasteiger partial charge in [-0.15, -0.1) is 0 Å². The summed E-state index contributed by atoms with van der Waals surface area (Å²) >= 11 is 6.39. The van der Waals surface area contributed by atoms with Crippen molar-refractivity contribution >= 4 is 28.7 Å². The first-order valence-electron chi connectivity index (χ1n) is 9.62. The average Bonchev–Trinajstić information content (AvgIpc) is 2.83. The van der Waals surface area contributed by atoms with E-state index in [4.69, 9.17) is 21.1 Å². The summed E-state index contributed by atoms with van der Waals surface area (Å²) in [6, 6.07) is 21.7. The molecular formula is C26H19ClO4. The number of ketones is 2. The smallest absolute Gasteiger partial charge is 0.205 e. The van der Waals surface area contributed by atoms with Gasteiger partial charge in [0.1, 0.15) is 11.5 Å². The number of hydrogen-bond acceptors (Lipinski definition) is 4. The Morgan fingerprint density at radius 3 is 1.61 bits per heavy atom. The van der Waals surface area contributed by atoms with Crippen molar-refractivity contribution in [2.75, 3.05) is 14.2 Å². The molecule has 0 aliphatic heterocycles. The van der Waals surface area contributed by atoms with E-state index in [0.717, 1.165) is 16.7 Å². The summed E-state index contributed by atoms with van der Waals surface area (Å²) in [4.78, 5) is 26.0. The summed E-state index contributed by atoms with van der Waals surface area (Å²) in [5, 5.41) is -0.0803. The van der Waals surface area contributed by atoms with Gasteiger partial charge in [-0.1, -0.05) is 60.1 Å². The third-order valence-corrected chi connectivity index (χ3v) is 5.56. The molecule has 3 aromatic carbocycles. The number of rotatable bonds is 5. The van der Waals surface area contributed by atoms with Crippen LogP contribution in [-0.4, -0.2) is 25.8 Å². The fraction of sp³-hybridized carbons (Fsp3) is 0.0769. The number of Topliss-reactive ketones (excluding diaryl/α,β-unsaturated/α-hetero) is 2. The molecule has 0 unspecified atom stereocenters. The van der Waals surface area contributed by atoms with Crippen LogP contribution in [0.3, 0.4) is 0 Å². The first-order chi connectivity index (χ1) is 15.0. The zero-order valence-electron chi connectivity index (χ0n) is 17.0. The van der Waals surface area contributed by atoms with Crippen LogP contribution in [0.15, 0.2) is 89.5 Å². The minimum atomic E-state index is -0.355. The topological polar surface area (TPSA) is 52.6 Å². The number of carbonyl (C=O) groups excluding carboxylic acids is 2. The van der Waals surface area contributed by atoms with Crippen molar-refractivity contribution in [3.8, 4) is 11.5 Å². The number of fused-ring (bicyclic) bond motifs is 1. The largest absolute Gasteiger partial charge is 0.497 e. The molecular weight excluding hydrogens is 412 g/mol. The van der Waals surface area contributed by atoms with E-state index in [-0.39, 0.29) is 22.2 Å². The molecule has 0 heterocycles. The van der Waals surface area contributed by atoms with E-state index >= 15 is 0 Å². The molecule has 0 N–H and O–H groups in total. The molecule has 1 aliphatic carbocycles. The lowest BCUT2D eigenvalue weighted by molar-refractivity contribution is 0.0984. The van der Waals surface area contributed by atoms with E-state index in [2.05, 4.69) is 0 Å². The highest BCUT2D eigenvalue weighted by molar-refractivity contribution is 6.50. The molecule has 31 heavy (non-hydrogen) atoms. The Morgan fingerprint density at radius 2 is 1.16 bits per heavy atom. The van der Waals surface area contributed by atoms with Gasteiger partial charge in [-0.05, 0) is 47.0 Å². The molecule has 0 fully saturated rings. The molecule has 5 heteroatoms. The lowest BCUT2D eigenvalue weighted by Crippen LogP contribution is -2.19. The molecule has 0 saturated heterocycles. The van der Waals surface area contributed by atoms with E-state index < -0.39 is 0 Å². The van der Waals surface area contributed by atoms with E-state index in [1.165, 1.54) is 0 Å². The number of ether oxygens (including phenoxy) is 2. The van der Waals surface area contributed by atoms with Crippen LogP contribution in [0, 0.1) is 0 Å². The van der Waals surface area contributed by atoms with Crippen LogP contribution < -0.4 is 9.47 Å². The van der Waals surface area contributed by atoms with Crippen molar-refractivity contribution in [1.29, 1.82) is 0 Å². The van der Waals surface area contributed by atoms with Gasteiger partial charge in [0, 0.05) is 16.7 Å². The molecule has 0 bridgehead atoms. The molecule has 154 valence electrons. The van der Waals surface area contributed by atoms with Crippen molar-refractivity contribution in [1.82, 2.24) is 0 Å². The summed E-state index contributed by atoms with van der Waals surface area (Å²) < 4.78 is 10.5. The maximum Gasteiger partial charge on any atom is 0.205 e. The molecule has 0 spiro atoms. The molecule has 4 rings (SSSR count). The first-order valence-corrected chi connectivity index (χ1v) is 10.00. The fourth-order valence-electron chi connectivity index (χ4n) is 3.51. The molecule has 0 amide bonds. The lowest BCUT2D eigenvalue weighted by atomic mass is 9.86. The van der Waals surface area contributed by atoms with E-state index in [1.54, 1.807) is 44.6 Å². The van der Waals surface area contributed by atoms with Crippen LogP contribution in [0.1, 0.15) is 31.8 Å². The second-order valence-electron chi connectivity index (χ2n) is 6.95. The number of carbonyl (C=O) groups is 2. The van der Waals surface area contributed by atoms with E-state index in [0.29, 0.717) is 22.6 Å². The van der Waals surface area contributed by atoms with Crippen LogP contribution >= 0.6 is 11.6 Å². The highest BCUT2D eigenvalue weighted by atomic mass is 35.5. The van der Waals surface area contributed by atoms with Gasteiger partial charge in [-0.2, -0.15) is 0 Å². The van der Waals surface area contributed by atoms with E-state index in [1.807, 2.05) is 48.5 Å². The maximum atomic E-state index is 13.2. The second-order valence-corrected chi connectivity index (χ2v) is 7.32. The van der Waals surface area contributed by atoms with Crippen LogP contribution in [0.25, 0.3) is 5.57 Å². The lowest BCUT2D eigenvalue weighted by Gasteiger charge is -2.17. The normalized spacial score (nSPS) is 13.0. The summed E-state index contributed by atoms with van der Waals surface area (Å²) in [6.45, 7) is 0. The Labute approximate surface area is 185 Å². The predicted molar refractivity (Wildman–Crippen MR) is 121 cm³/mol. The third kappa shape index (κ3) is 3.90. The average molecular weight is 431 g/mol. The van der Waals surface area contributed by atoms with Gasteiger partial charge in [0.25, 0.3) is 0 Å². The van der Waals surface area contributed by atoms with Crippen LogP contribution in [0.5, 0.6) is 11.5 Å². The highest BCUT2D eigenvalue weighted by Crippen LogP contribution is 2.34. The SMILES string of the molecule is COc1ccc(C(=CC2=C(Cl)C(=O)c3ccccc3C2=O)c2ccc(OC)cc2)cc1. The zero-order chi connectivity index (χ0) is 22.0. The summed E-state index contributed by atoms with van der Waals surface area (Å²) in [5.41, 5.74) is 3.30. The minimum Gasteiger partial charge on any atom is -0.497 e. The second kappa shape index (κ2) is 8.62. The van der Waals surface area contributed by atoms with Gasteiger partial charge in [-0.25, -0.2) is 0 Å². The Bertz CT molecular complexity index is 1170.